The van der Waals surface area contributed by atoms with Crippen LogP contribution in [0.5, 0.6) is 0 Å². The van der Waals surface area contributed by atoms with Crippen molar-refractivity contribution in [2.24, 2.45) is 5.73 Å². The van der Waals surface area contributed by atoms with Gasteiger partial charge in [-0.05, 0) is 19.8 Å². The molecule has 20 heavy (non-hydrogen) atoms. The summed E-state index contributed by atoms with van der Waals surface area (Å²) in [5.41, 5.74) is 3.59. The number of aliphatic hydroxyl groups is 2. The van der Waals surface area contributed by atoms with Gasteiger partial charge in [-0.1, -0.05) is 0 Å². The van der Waals surface area contributed by atoms with Gasteiger partial charge < -0.3 is 31.7 Å². The van der Waals surface area contributed by atoms with Gasteiger partial charge in [0.25, 0.3) is 5.91 Å². The Balaban J connectivity index is 2.67. The zero-order valence-corrected chi connectivity index (χ0v) is 11.0. The number of nitrogens with one attached hydrogen (secondary N) is 2. The van der Waals surface area contributed by atoms with Gasteiger partial charge >= 0.3 is 5.97 Å². The number of carboxylic acid groups (broad SMARTS) is 1. The lowest BCUT2D eigenvalue weighted by atomic mass is 9.89. The van der Waals surface area contributed by atoms with Crippen LogP contribution < -0.4 is 16.4 Å². The van der Waals surface area contributed by atoms with Crippen LogP contribution in [0, 0.1) is 0 Å². The summed E-state index contributed by atoms with van der Waals surface area (Å²) in [5, 5.41) is 32.3. The Labute approximate surface area is 115 Å². The molecule has 9 nitrogen and oxygen atoms in total. The molecule has 4 atom stereocenters. The average Bonchev–Trinajstić information content (AvgIpc) is 2.38. The molecule has 0 saturated carbocycles. The molecule has 7 N–H and O–H groups in total. The van der Waals surface area contributed by atoms with E-state index in [0.717, 1.165) is 0 Å². The molecular formula is C11H19N3O6. The molecule has 0 aromatic rings. The molecule has 114 valence electrons. The second-order valence-corrected chi connectivity index (χ2v) is 4.87. The summed E-state index contributed by atoms with van der Waals surface area (Å²) in [6.45, 7) is 0.963. The number of piperidine rings is 1. The maximum atomic E-state index is 11.8. The van der Waals surface area contributed by atoms with Crippen LogP contribution in [0.1, 0.15) is 19.8 Å². The zero-order valence-electron chi connectivity index (χ0n) is 11.0. The zero-order chi connectivity index (χ0) is 15.5. The lowest BCUT2D eigenvalue weighted by Crippen LogP contribution is -2.63. The standard InChI is InChI=1S/C11H19N3O6/c1-5(15)7(9(17)18)14-8(16)6-2-3-11(20,4-12)10(19)13-6/h5-7,15,20H,2-4,12H2,1H3,(H,13,19)(H,14,16)(H,17,18)/t5-,6?,7+,11+/m1/s1. The van der Waals surface area contributed by atoms with E-state index in [1.54, 1.807) is 0 Å². The molecule has 1 heterocycles. The highest BCUT2D eigenvalue weighted by Gasteiger charge is 2.42. The van der Waals surface area contributed by atoms with Crippen molar-refractivity contribution in [2.45, 2.75) is 43.6 Å². The summed E-state index contributed by atoms with van der Waals surface area (Å²) in [7, 11) is 0. The SMILES string of the molecule is C[C@@H](O)[C@H](NC(=O)C1CC[C@](O)(CN)C(=O)N1)C(=O)O. The first-order chi connectivity index (χ1) is 9.21. The molecule has 9 heteroatoms. The number of carbonyl (C=O) groups excluding carboxylic acids is 2. The third kappa shape index (κ3) is 3.44. The lowest BCUT2D eigenvalue weighted by Gasteiger charge is -2.34. The number of carbonyl (C=O) groups is 3. The Bertz CT molecular complexity index is 413. The van der Waals surface area contributed by atoms with E-state index in [0.29, 0.717) is 0 Å². The quantitative estimate of drug-likeness (QED) is 0.312. The fourth-order valence-electron chi connectivity index (χ4n) is 1.90. The van der Waals surface area contributed by atoms with E-state index in [1.807, 2.05) is 0 Å². The first-order valence-electron chi connectivity index (χ1n) is 6.16. The van der Waals surface area contributed by atoms with Crippen molar-refractivity contribution in [1.29, 1.82) is 0 Å². The van der Waals surface area contributed by atoms with Crippen molar-refractivity contribution < 1.29 is 29.7 Å². The van der Waals surface area contributed by atoms with E-state index in [-0.39, 0.29) is 19.4 Å². The molecule has 1 aliphatic heterocycles. The van der Waals surface area contributed by atoms with Gasteiger partial charge in [0, 0.05) is 6.54 Å². The number of aliphatic carboxylic acids is 1. The molecule has 0 radical (unpaired) electrons. The molecule has 1 fully saturated rings. The van der Waals surface area contributed by atoms with Gasteiger partial charge in [0.15, 0.2) is 11.6 Å². The number of carboxylic acids is 1. The van der Waals surface area contributed by atoms with Crippen molar-refractivity contribution in [3.05, 3.63) is 0 Å². The van der Waals surface area contributed by atoms with Crippen LogP contribution in [0.2, 0.25) is 0 Å². The molecule has 1 rings (SSSR count). The van der Waals surface area contributed by atoms with Gasteiger partial charge in [0.05, 0.1) is 6.10 Å². The van der Waals surface area contributed by atoms with E-state index in [2.05, 4.69) is 10.6 Å². The first-order valence-corrected chi connectivity index (χ1v) is 6.16. The summed E-state index contributed by atoms with van der Waals surface area (Å²) < 4.78 is 0. The molecule has 0 aliphatic carbocycles. The predicted octanol–water partition coefficient (Wildman–Crippen LogP) is -3.09. The fraction of sp³-hybridized carbons (Fsp3) is 0.727. The van der Waals surface area contributed by atoms with Crippen LogP contribution in [-0.2, 0) is 14.4 Å². The summed E-state index contributed by atoms with van der Waals surface area (Å²) in [6, 6.07) is -2.43. The van der Waals surface area contributed by atoms with Crippen LogP contribution in [0.15, 0.2) is 0 Å². The highest BCUT2D eigenvalue weighted by molar-refractivity contribution is 5.94. The van der Waals surface area contributed by atoms with Crippen molar-refractivity contribution in [2.75, 3.05) is 6.54 Å². The van der Waals surface area contributed by atoms with Crippen molar-refractivity contribution in [3.8, 4) is 0 Å². The van der Waals surface area contributed by atoms with E-state index in [4.69, 9.17) is 10.8 Å². The molecule has 0 spiro atoms. The monoisotopic (exact) mass is 289 g/mol. The molecule has 0 aromatic carbocycles. The Morgan fingerprint density at radius 2 is 2.20 bits per heavy atom. The van der Waals surface area contributed by atoms with Gasteiger partial charge in [-0.15, -0.1) is 0 Å². The van der Waals surface area contributed by atoms with Gasteiger partial charge in [-0.3, -0.25) is 9.59 Å². The van der Waals surface area contributed by atoms with E-state index < -0.39 is 41.6 Å². The average molecular weight is 289 g/mol. The minimum absolute atomic E-state index is 0.000162. The van der Waals surface area contributed by atoms with Crippen molar-refractivity contribution in [3.63, 3.8) is 0 Å². The number of rotatable bonds is 5. The molecule has 0 bridgehead atoms. The predicted molar refractivity (Wildman–Crippen MR) is 66.4 cm³/mol. The molecule has 1 aliphatic rings. The van der Waals surface area contributed by atoms with Crippen LogP contribution >= 0.6 is 0 Å². The Kier molecular flexibility index (Phi) is 5.03. The lowest BCUT2D eigenvalue weighted by molar-refractivity contribution is -0.149. The molecular weight excluding hydrogens is 270 g/mol. The van der Waals surface area contributed by atoms with Gasteiger partial charge in [-0.25, -0.2) is 4.79 Å². The molecule has 1 unspecified atom stereocenters. The number of aliphatic hydroxyl groups excluding tert-OH is 1. The summed E-state index contributed by atoms with van der Waals surface area (Å²) in [4.78, 5) is 34.3. The normalized spacial score (nSPS) is 29.2. The van der Waals surface area contributed by atoms with E-state index in [9.17, 15) is 24.6 Å². The summed E-state index contributed by atoms with van der Waals surface area (Å²) in [5.74, 6) is -2.88. The Hall–Kier alpha value is -1.71. The number of nitrogens with two attached hydrogens (primary N) is 1. The van der Waals surface area contributed by atoms with Gasteiger partial charge in [-0.2, -0.15) is 0 Å². The highest BCUT2D eigenvalue weighted by atomic mass is 16.4. The minimum Gasteiger partial charge on any atom is -0.480 e. The first kappa shape index (κ1) is 16.3. The van der Waals surface area contributed by atoms with Gasteiger partial charge in [0.2, 0.25) is 5.91 Å². The Morgan fingerprint density at radius 1 is 1.60 bits per heavy atom. The van der Waals surface area contributed by atoms with Crippen molar-refractivity contribution >= 4 is 17.8 Å². The van der Waals surface area contributed by atoms with Crippen LogP contribution in [-0.4, -0.2) is 63.4 Å². The Morgan fingerprint density at radius 3 is 2.60 bits per heavy atom. The summed E-state index contributed by atoms with van der Waals surface area (Å²) in [6.07, 6.45) is -1.16. The third-order valence-electron chi connectivity index (χ3n) is 3.27. The topological polar surface area (TPSA) is 162 Å². The summed E-state index contributed by atoms with van der Waals surface area (Å²) >= 11 is 0. The van der Waals surface area contributed by atoms with Crippen LogP contribution in [0.3, 0.4) is 0 Å². The highest BCUT2D eigenvalue weighted by Crippen LogP contribution is 2.19. The maximum absolute atomic E-state index is 11.8. The molecule has 0 aromatic heterocycles. The smallest absolute Gasteiger partial charge is 0.328 e. The molecule has 2 amide bonds. The fourth-order valence-corrected chi connectivity index (χ4v) is 1.90. The van der Waals surface area contributed by atoms with Gasteiger partial charge in [0.1, 0.15) is 6.04 Å². The second kappa shape index (κ2) is 6.16. The maximum Gasteiger partial charge on any atom is 0.328 e. The van der Waals surface area contributed by atoms with Crippen LogP contribution in [0.25, 0.3) is 0 Å². The third-order valence-corrected chi connectivity index (χ3v) is 3.27. The van der Waals surface area contributed by atoms with Crippen LogP contribution in [0.4, 0.5) is 0 Å². The number of hydrogen-bond donors (Lipinski definition) is 6. The van der Waals surface area contributed by atoms with Crippen molar-refractivity contribution in [1.82, 2.24) is 10.6 Å². The number of amides is 2. The largest absolute Gasteiger partial charge is 0.480 e. The van der Waals surface area contributed by atoms with E-state index >= 15 is 0 Å². The molecule has 1 saturated heterocycles. The number of hydrogen-bond acceptors (Lipinski definition) is 6. The second-order valence-electron chi connectivity index (χ2n) is 4.87. The minimum atomic E-state index is -1.70. The van der Waals surface area contributed by atoms with E-state index in [1.165, 1.54) is 6.92 Å².